The van der Waals surface area contributed by atoms with Gasteiger partial charge in [-0.05, 0) is 24.9 Å². The van der Waals surface area contributed by atoms with Gasteiger partial charge in [0.05, 0.1) is 18.4 Å². The van der Waals surface area contributed by atoms with Crippen molar-refractivity contribution in [2.24, 2.45) is 11.7 Å². The van der Waals surface area contributed by atoms with E-state index >= 15 is 0 Å². The van der Waals surface area contributed by atoms with Crippen LogP contribution >= 0.6 is 0 Å². The molecule has 1 aromatic heterocycles. The number of aliphatic hydroxyl groups excluding tert-OH is 1. The first-order valence-corrected chi connectivity index (χ1v) is 6.69. The van der Waals surface area contributed by atoms with Crippen LogP contribution in [-0.2, 0) is 0 Å². The van der Waals surface area contributed by atoms with Gasteiger partial charge >= 0.3 is 0 Å². The molecule has 1 atom stereocenters. The number of nitrogens with zero attached hydrogens (tertiary/aromatic N) is 1. The predicted octanol–water partition coefficient (Wildman–Crippen LogP) is 2.28. The highest BCUT2D eigenvalue weighted by atomic mass is 16.5. The SMILES string of the molecule is CCC(CC)COc1cccc([C@H](O)CCN)n1. The molecule has 0 radical (unpaired) electrons. The van der Waals surface area contributed by atoms with Crippen LogP contribution in [0.4, 0.5) is 0 Å². The number of nitrogens with two attached hydrogens (primary N) is 1. The smallest absolute Gasteiger partial charge is 0.213 e. The van der Waals surface area contributed by atoms with Crippen molar-refractivity contribution in [3.63, 3.8) is 0 Å². The number of hydrogen-bond acceptors (Lipinski definition) is 4. The lowest BCUT2D eigenvalue weighted by molar-refractivity contribution is 0.162. The number of ether oxygens (including phenoxy) is 1. The zero-order valence-electron chi connectivity index (χ0n) is 11.3. The van der Waals surface area contributed by atoms with Crippen molar-refractivity contribution in [2.45, 2.75) is 39.2 Å². The summed E-state index contributed by atoms with van der Waals surface area (Å²) >= 11 is 0. The van der Waals surface area contributed by atoms with Crippen LogP contribution in [0.2, 0.25) is 0 Å². The highest BCUT2D eigenvalue weighted by Gasteiger charge is 2.10. The Kier molecular flexibility index (Phi) is 6.68. The average Bonchev–Trinajstić information content (AvgIpc) is 2.40. The second kappa shape index (κ2) is 8.06. The summed E-state index contributed by atoms with van der Waals surface area (Å²) in [7, 11) is 0. The molecule has 0 spiro atoms. The van der Waals surface area contributed by atoms with Gasteiger partial charge in [0, 0.05) is 6.07 Å². The van der Waals surface area contributed by atoms with Gasteiger partial charge in [0.15, 0.2) is 0 Å². The van der Waals surface area contributed by atoms with E-state index in [1.165, 1.54) is 0 Å². The third-order valence-electron chi connectivity index (χ3n) is 3.15. The number of aliphatic hydroxyl groups is 1. The van der Waals surface area contributed by atoms with Gasteiger partial charge in [-0.25, -0.2) is 4.98 Å². The van der Waals surface area contributed by atoms with E-state index in [-0.39, 0.29) is 0 Å². The number of hydrogen-bond donors (Lipinski definition) is 2. The molecule has 0 aromatic carbocycles. The molecule has 1 rings (SSSR count). The second-order valence-corrected chi connectivity index (χ2v) is 4.49. The Morgan fingerprint density at radius 1 is 1.33 bits per heavy atom. The molecule has 4 heteroatoms. The molecule has 0 aliphatic heterocycles. The van der Waals surface area contributed by atoms with E-state index in [0.717, 1.165) is 12.8 Å². The van der Waals surface area contributed by atoms with Gasteiger partial charge in [-0.1, -0.05) is 32.8 Å². The normalized spacial score (nSPS) is 12.7. The molecule has 1 heterocycles. The summed E-state index contributed by atoms with van der Waals surface area (Å²) in [5, 5.41) is 9.82. The molecular weight excluding hydrogens is 228 g/mol. The Labute approximate surface area is 109 Å². The van der Waals surface area contributed by atoms with E-state index in [0.29, 0.717) is 37.1 Å². The zero-order chi connectivity index (χ0) is 13.4. The molecule has 0 unspecified atom stereocenters. The van der Waals surface area contributed by atoms with E-state index in [4.69, 9.17) is 10.5 Å². The minimum Gasteiger partial charge on any atom is -0.477 e. The van der Waals surface area contributed by atoms with Crippen LogP contribution < -0.4 is 10.5 Å². The summed E-state index contributed by atoms with van der Waals surface area (Å²) < 4.78 is 5.67. The van der Waals surface area contributed by atoms with Gasteiger partial charge in [-0.3, -0.25) is 0 Å². The first-order valence-electron chi connectivity index (χ1n) is 6.69. The predicted molar refractivity (Wildman–Crippen MR) is 72.4 cm³/mol. The molecule has 0 aliphatic rings. The molecule has 102 valence electrons. The van der Waals surface area contributed by atoms with Crippen molar-refractivity contribution in [2.75, 3.05) is 13.2 Å². The fourth-order valence-electron chi connectivity index (χ4n) is 1.73. The van der Waals surface area contributed by atoms with Crippen molar-refractivity contribution < 1.29 is 9.84 Å². The van der Waals surface area contributed by atoms with E-state index in [9.17, 15) is 5.11 Å². The van der Waals surface area contributed by atoms with Crippen LogP contribution in [0.1, 0.15) is 44.9 Å². The quantitative estimate of drug-likeness (QED) is 0.744. The van der Waals surface area contributed by atoms with Crippen LogP contribution in [0.15, 0.2) is 18.2 Å². The van der Waals surface area contributed by atoms with E-state index < -0.39 is 6.10 Å². The first-order chi connectivity index (χ1) is 8.71. The average molecular weight is 252 g/mol. The molecule has 0 saturated heterocycles. The van der Waals surface area contributed by atoms with Crippen LogP contribution in [0.5, 0.6) is 5.88 Å². The monoisotopic (exact) mass is 252 g/mol. The van der Waals surface area contributed by atoms with Crippen molar-refractivity contribution in [3.8, 4) is 5.88 Å². The van der Waals surface area contributed by atoms with Gasteiger partial charge in [0.25, 0.3) is 0 Å². The Hall–Kier alpha value is -1.13. The molecule has 4 nitrogen and oxygen atoms in total. The molecule has 3 N–H and O–H groups in total. The van der Waals surface area contributed by atoms with Crippen molar-refractivity contribution in [3.05, 3.63) is 23.9 Å². The van der Waals surface area contributed by atoms with Crippen LogP contribution in [0.3, 0.4) is 0 Å². The maximum atomic E-state index is 9.82. The second-order valence-electron chi connectivity index (χ2n) is 4.49. The minimum absolute atomic E-state index is 0.446. The van der Waals surface area contributed by atoms with Gasteiger partial charge in [0.2, 0.25) is 5.88 Å². The van der Waals surface area contributed by atoms with Crippen molar-refractivity contribution in [1.82, 2.24) is 4.98 Å². The van der Waals surface area contributed by atoms with Crippen molar-refractivity contribution >= 4 is 0 Å². The van der Waals surface area contributed by atoms with Crippen LogP contribution in [0, 0.1) is 5.92 Å². The third kappa shape index (κ3) is 4.63. The van der Waals surface area contributed by atoms with Gasteiger partial charge in [-0.15, -0.1) is 0 Å². The maximum absolute atomic E-state index is 9.82. The third-order valence-corrected chi connectivity index (χ3v) is 3.15. The number of pyridine rings is 1. The molecular formula is C14H24N2O2. The van der Waals surface area contributed by atoms with E-state index in [2.05, 4.69) is 18.8 Å². The van der Waals surface area contributed by atoms with Gasteiger partial charge < -0.3 is 15.6 Å². The molecule has 0 bridgehead atoms. The molecule has 0 aliphatic carbocycles. The first kappa shape index (κ1) is 14.9. The summed E-state index contributed by atoms with van der Waals surface area (Å²) in [6, 6.07) is 5.47. The number of rotatable bonds is 8. The van der Waals surface area contributed by atoms with E-state index in [1.807, 2.05) is 12.1 Å². The van der Waals surface area contributed by atoms with Gasteiger partial charge in [-0.2, -0.15) is 0 Å². The summed E-state index contributed by atoms with van der Waals surface area (Å²) in [6.45, 7) is 5.44. The fraction of sp³-hybridized carbons (Fsp3) is 0.643. The fourth-order valence-corrected chi connectivity index (χ4v) is 1.73. The number of aromatic nitrogens is 1. The Bertz CT molecular complexity index is 340. The lowest BCUT2D eigenvalue weighted by atomic mass is 10.1. The zero-order valence-corrected chi connectivity index (χ0v) is 11.3. The lowest BCUT2D eigenvalue weighted by Crippen LogP contribution is -2.12. The Morgan fingerprint density at radius 2 is 2.06 bits per heavy atom. The molecule has 1 aromatic rings. The molecule has 18 heavy (non-hydrogen) atoms. The molecule has 0 amide bonds. The summed E-state index contributed by atoms with van der Waals surface area (Å²) in [5.74, 6) is 1.14. The Balaban J connectivity index is 2.59. The maximum Gasteiger partial charge on any atom is 0.213 e. The highest BCUT2D eigenvalue weighted by molar-refractivity contribution is 5.17. The van der Waals surface area contributed by atoms with E-state index in [1.54, 1.807) is 6.07 Å². The minimum atomic E-state index is -0.605. The van der Waals surface area contributed by atoms with Crippen LogP contribution in [-0.4, -0.2) is 23.2 Å². The van der Waals surface area contributed by atoms with Crippen molar-refractivity contribution in [1.29, 1.82) is 0 Å². The summed E-state index contributed by atoms with van der Waals surface area (Å²) in [4.78, 5) is 4.30. The van der Waals surface area contributed by atoms with Gasteiger partial charge in [0.1, 0.15) is 0 Å². The Morgan fingerprint density at radius 3 is 2.67 bits per heavy atom. The molecule has 0 fully saturated rings. The highest BCUT2D eigenvalue weighted by Crippen LogP contribution is 2.18. The summed E-state index contributed by atoms with van der Waals surface area (Å²) in [5.41, 5.74) is 6.05. The standard InChI is InChI=1S/C14H24N2O2/c1-3-11(4-2)10-18-14-7-5-6-12(16-14)13(17)8-9-15/h5-7,11,13,17H,3-4,8-10,15H2,1-2H3/t13-/m1/s1. The summed E-state index contributed by atoms with van der Waals surface area (Å²) in [6.07, 6.45) is 2.12. The topological polar surface area (TPSA) is 68.4 Å². The van der Waals surface area contributed by atoms with Crippen LogP contribution in [0.25, 0.3) is 0 Å². The largest absolute Gasteiger partial charge is 0.477 e. The molecule has 0 saturated carbocycles. The lowest BCUT2D eigenvalue weighted by Gasteiger charge is -2.14.